The molecule has 3 amide bonds. The summed E-state index contributed by atoms with van der Waals surface area (Å²) in [6.45, 7) is 3.40. The Morgan fingerprint density at radius 2 is 1.11 bits per heavy atom. The number of amides is 3. The lowest BCUT2D eigenvalue weighted by Crippen LogP contribution is -2.57. The molecule has 15 nitrogen and oxygen atoms in total. The van der Waals surface area contributed by atoms with Crippen LogP contribution >= 0.6 is 0 Å². The first-order valence-corrected chi connectivity index (χ1v) is 10.7. The Hall–Kier alpha value is -3.75. The van der Waals surface area contributed by atoms with E-state index in [-0.39, 0.29) is 18.8 Å². The fourth-order valence-electron chi connectivity index (χ4n) is 2.85. The van der Waals surface area contributed by atoms with Gasteiger partial charge in [0.15, 0.2) is 0 Å². The smallest absolute Gasteiger partial charge is 0.326 e. The van der Waals surface area contributed by atoms with Crippen molar-refractivity contribution in [3.8, 4) is 0 Å². The number of carboxylic acids is 4. The number of hydrogen-bond donors (Lipinski definition) is 8. The van der Waals surface area contributed by atoms with Gasteiger partial charge in [0.25, 0.3) is 0 Å². The first kappa shape index (κ1) is 31.2. The number of nitrogens with two attached hydrogens (primary N) is 1. The highest BCUT2D eigenvalue weighted by molar-refractivity contribution is 5.95. The molecular formula is C20H32N4O11. The third kappa shape index (κ3) is 13.5. The van der Waals surface area contributed by atoms with Crippen molar-refractivity contribution in [2.24, 2.45) is 11.7 Å². The van der Waals surface area contributed by atoms with Crippen LogP contribution in [-0.4, -0.2) is 86.2 Å². The predicted octanol–water partition coefficient (Wildman–Crippen LogP) is -1.90. The number of aliphatic carboxylic acids is 4. The van der Waals surface area contributed by atoms with Crippen molar-refractivity contribution in [3.63, 3.8) is 0 Å². The molecule has 4 atom stereocenters. The Morgan fingerprint density at radius 1 is 0.657 bits per heavy atom. The van der Waals surface area contributed by atoms with E-state index in [0.717, 1.165) is 0 Å². The van der Waals surface area contributed by atoms with Crippen LogP contribution in [0.1, 0.15) is 52.4 Å². The van der Waals surface area contributed by atoms with Gasteiger partial charge in [-0.05, 0) is 25.2 Å². The van der Waals surface area contributed by atoms with E-state index in [1.807, 2.05) is 0 Å². The Bertz CT molecular complexity index is 815. The van der Waals surface area contributed by atoms with Gasteiger partial charge in [-0.3, -0.25) is 28.8 Å². The second-order valence-corrected chi connectivity index (χ2v) is 8.22. The van der Waals surface area contributed by atoms with Crippen molar-refractivity contribution < 1.29 is 54.0 Å². The molecule has 0 radical (unpaired) electrons. The zero-order chi connectivity index (χ0) is 27.3. The van der Waals surface area contributed by atoms with Crippen LogP contribution in [0.3, 0.4) is 0 Å². The van der Waals surface area contributed by atoms with E-state index in [2.05, 4.69) is 16.0 Å². The van der Waals surface area contributed by atoms with Crippen molar-refractivity contribution in [2.75, 3.05) is 0 Å². The third-order valence-electron chi connectivity index (χ3n) is 4.62. The molecule has 0 aliphatic rings. The van der Waals surface area contributed by atoms with Crippen LogP contribution in [0.15, 0.2) is 0 Å². The van der Waals surface area contributed by atoms with Crippen LogP contribution in [-0.2, 0) is 33.6 Å². The maximum Gasteiger partial charge on any atom is 0.326 e. The quantitative estimate of drug-likeness (QED) is 0.108. The third-order valence-corrected chi connectivity index (χ3v) is 4.62. The number of carbonyl (C=O) groups is 7. The highest BCUT2D eigenvalue weighted by Gasteiger charge is 2.32. The van der Waals surface area contributed by atoms with Crippen LogP contribution < -0.4 is 21.7 Å². The van der Waals surface area contributed by atoms with E-state index in [0.29, 0.717) is 0 Å². The largest absolute Gasteiger partial charge is 0.481 e. The van der Waals surface area contributed by atoms with Gasteiger partial charge >= 0.3 is 23.9 Å². The average Bonchev–Trinajstić information content (AvgIpc) is 2.72. The maximum atomic E-state index is 12.7. The Kier molecular flexibility index (Phi) is 13.6. The molecule has 0 spiro atoms. The average molecular weight is 504 g/mol. The molecule has 35 heavy (non-hydrogen) atoms. The van der Waals surface area contributed by atoms with Crippen molar-refractivity contribution in [2.45, 2.75) is 76.5 Å². The zero-order valence-corrected chi connectivity index (χ0v) is 19.4. The summed E-state index contributed by atoms with van der Waals surface area (Å²) in [7, 11) is 0. The molecular weight excluding hydrogens is 472 g/mol. The molecule has 0 saturated heterocycles. The zero-order valence-electron chi connectivity index (χ0n) is 19.4. The van der Waals surface area contributed by atoms with E-state index in [1.54, 1.807) is 13.8 Å². The summed E-state index contributed by atoms with van der Waals surface area (Å²) < 4.78 is 0. The highest BCUT2D eigenvalue weighted by atomic mass is 16.4. The molecule has 0 fully saturated rings. The van der Waals surface area contributed by atoms with Gasteiger partial charge < -0.3 is 42.1 Å². The lowest BCUT2D eigenvalue weighted by molar-refractivity contribution is -0.144. The Labute approximate surface area is 200 Å². The van der Waals surface area contributed by atoms with Gasteiger partial charge in [-0.2, -0.15) is 0 Å². The topological polar surface area (TPSA) is 263 Å². The molecule has 4 unspecified atom stereocenters. The second kappa shape index (κ2) is 15.2. The van der Waals surface area contributed by atoms with Gasteiger partial charge in [-0.15, -0.1) is 0 Å². The molecule has 0 aliphatic heterocycles. The second-order valence-electron chi connectivity index (χ2n) is 8.22. The van der Waals surface area contributed by atoms with Gasteiger partial charge in [0, 0.05) is 12.8 Å². The summed E-state index contributed by atoms with van der Waals surface area (Å²) in [6.07, 6.45) is -2.52. The summed E-state index contributed by atoms with van der Waals surface area (Å²) >= 11 is 0. The lowest BCUT2D eigenvalue weighted by atomic mass is 10.0. The van der Waals surface area contributed by atoms with Gasteiger partial charge in [-0.25, -0.2) is 4.79 Å². The van der Waals surface area contributed by atoms with Gasteiger partial charge in [-0.1, -0.05) is 13.8 Å². The minimum Gasteiger partial charge on any atom is -0.481 e. The maximum absolute atomic E-state index is 12.7. The minimum atomic E-state index is -1.67. The highest BCUT2D eigenvalue weighted by Crippen LogP contribution is 2.08. The molecule has 0 heterocycles. The lowest BCUT2D eigenvalue weighted by Gasteiger charge is -2.25. The van der Waals surface area contributed by atoms with Crippen molar-refractivity contribution >= 4 is 41.6 Å². The van der Waals surface area contributed by atoms with Crippen LogP contribution in [0.2, 0.25) is 0 Å². The molecule has 0 aliphatic carbocycles. The Balaban J connectivity index is 5.51. The molecule has 0 aromatic rings. The van der Waals surface area contributed by atoms with E-state index >= 15 is 0 Å². The number of carboxylic acid groups (broad SMARTS) is 4. The van der Waals surface area contributed by atoms with Gasteiger partial charge in [0.1, 0.15) is 18.1 Å². The molecule has 0 aromatic heterocycles. The molecule has 15 heteroatoms. The molecule has 198 valence electrons. The van der Waals surface area contributed by atoms with Crippen LogP contribution in [0.5, 0.6) is 0 Å². The van der Waals surface area contributed by atoms with Crippen molar-refractivity contribution in [1.29, 1.82) is 0 Å². The predicted molar refractivity (Wildman–Crippen MR) is 117 cm³/mol. The number of hydrogen-bond acceptors (Lipinski definition) is 8. The monoisotopic (exact) mass is 504 g/mol. The van der Waals surface area contributed by atoms with E-state index in [1.165, 1.54) is 0 Å². The van der Waals surface area contributed by atoms with Crippen molar-refractivity contribution in [1.82, 2.24) is 16.0 Å². The summed E-state index contributed by atoms with van der Waals surface area (Å²) in [5.41, 5.74) is 5.58. The van der Waals surface area contributed by atoms with Crippen LogP contribution in [0, 0.1) is 5.92 Å². The Morgan fingerprint density at radius 3 is 1.57 bits per heavy atom. The van der Waals surface area contributed by atoms with E-state index in [9.17, 15) is 38.7 Å². The minimum absolute atomic E-state index is 0.00864. The van der Waals surface area contributed by atoms with E-state index < -0.39 is 91.4 Å². The van der Waals surface area contributed by atoms with Crippen LogP contribution in [0.25, 0.3) is 0 Å². The molecule has 0 rings (SSSR count). The van der Waals surface area contributed by atoms with Crippen LogP contribution in [0.4, 0.5) is 0 Å². The standard InChI is InChI=1S/C20H32N4O11/c1-9(2)7-12(18(32)22-11(20(34)35)4-6-15(27)28)24-19(33)13(8-16(29)30)23-17(31)10(21)3-5-14(25)26/h9-13H,3-8,21H2,1-2H3,(H,22,32)(H,23,31)(H,24,33)(H,25,26)(H,27,28)(H,29,30)(H,34,35). The summed E-state index contributed by atoms with van der Waals surface area (Å²) in [5, 5.41) is 42.3. The normalized spacial score (nSPS) is 14.2. The van der Waals surface area contributed by atoms with E-state index in [4.69, 9.17) is 21.1 Å². The molecule has 0 saturated carbocycles. The fraction of sp³-hybridized carbons (Fsp3) is 0.650. The first-order chi connectivity index (χ1) is 16.1. The number of carbonyl (C=O) groups excluding carboxylic acids is 3. The molecule has 0 aromatic carbocycles. The molecule has 0 bridgehead atoms. The van der Waals surface area contributed by atoms with Crippen molar-refractivity contribution in [3.05, 3.63) is 0 Å². The van der Waals surface area contributed by atoms with Gasteiger partial charge in [0.2, 0.25) is 17.7 Å². The molecule has 9 N–H and O–H groups in total. The summed E-state index contributed by atoms with van der Waals surface area (Å²) in [6, 6.07) is -5.88. The van der Waals surface area contributed by atoms with Gasteiger partial charge in [0.05, 0.1) is 12.5 Å². The SMILES string of the molecule is CC(C)CC(NC(=O)C(CC(=O)O)NC(=O)C(N)CCC(=O)O)C(=O)NC(CCC(=O)O)C(=O)O. The summed E-state index contributed by atoms with van der Waals surface area (Å²) in [5.74, 6) is -8.60. The summed E-state index contributed by atoms with van der Waals surface area (Å²) in [4.78, 5) is 81.5. The number of rotatable bonds is 17. The fourth-order valence-corrected chi connectivity index (χ4v) is 2.85. The first-order valence-electron chi connectivity index (χ1n) is 10.7. The number of nitrogens with one attached hydrogen (secondary N) is 3.